The highest BCUT2D eigenvalue weighted by Gasteiger charge is 2.33. The molecule has 3 aromatic rings. The summed E-state index contributed by atoms with van der Waals surface area (Å²) in [6.07, 6.45) is 7.14. The molecule has 1 saturated carbocycles. The zero-order chi connectivity index (χ0) is 20.8. The predicted octanol–water partition coefficient (Wildman–Crippen LogP) is 4.69. The van der Waals surface area contributed by atoms with Crippen molar-refractivity contribution in [2.75, 3.05) is 6.54 Å². The summed E-state index contributed by atoms with van der Waals surface area (Å²) in [5, 5.41) is 0. The van der Waals surface area contributed by atoms with Gasteiger partial charge in [-0.3, -0.25) is 9.69 Å². The number of imidazole rings is 1. The maximum Gasteiger partial charge on any atom is 0.251 e. The number of amides is 1. The van der Waals surface area contributed by atoms with Crippen LogP contribution >= 0.6 is 0 Å². The first kappa shape index (κ1) is 19.2. The van der Waals surface area contributed by atoms with Crippen molar-refractivity contribution in [3.05, 3.63) is 53.1 Å². The molecule has 1 aliphatic heterocycles. The number of rotatable bonds is 4. The van der Waals surface area contributed by atoms with Gasteiger partial charge in [0.2, 0.25) is 0 Å². The van der Waals surface area contributed by atoms with Gasteiger partial charge in [0.25, 0.3) is 5.91 Å². The molecule has 1 atom stereocenters. The number of hydrogen-bond donors (Lipinski definition) is 2. The lowest BCUT2D eigenvalue weighted by Gasteiger charge is -2.45. The molecule has 2 aromatic carbocycles. The summed E-state index contributed by atoms with van der Waals surface area (Å²) >= 11 is 0. The molecule has 5 nitrogen and oxygen atoms in total. The standard InChI is InChI=1S/C23H24F2N4O/c24-14-11-17(22(26)30)21-19(12-14)27-23(28-21)16-8-7-13(10-18(16)25)20-6-1-2-9-29(20)15-4-3-5-15/h7-8,10-12,15,20H,1-6,9H2,(H2,26,30)(H,27,28). The van der Waals surface area contributed by atoms with E-state index >= 15 is 4.39 Å². The number of aromatic amines is 1. The third kappa shape index (κ3) is 3.27. The average molecular weight is 410 g/mol. The smallest absolute Gasteiger partial charge is 0.251 e. The highest BCUT2D eigenvalue weighted by atomic mass is 19.1. The molecule has 30 heavy (non-hydrogen) atoms. The molecule has 0 bridgehead atoms. The first-order valence-electron chi connectivity index (χ1n) is 10.6. The Labute approximate surface area is 173 Å². The topological polar surface area (TPSA) is 75.0 Å². The Kier molecular flexibility index (Phi) is 4.77. The van der Waals surface area contributed by atoms with Crippen molar-refractivity contribution < 1.29 is 13.6 Å². The number of hydrogen-bond acceptors (Lipinski definition) is 3. The molecule has 2 fully saturated rings. The van der Waals surface area contributed by atoms with Crippen LogP contribution in [0.5, 0.6) is 0 Å². The molecule has 7 heteroatoms. The summed E-state index contributed by atoms with van der Waals surface area (Å²) in [6.45, 7) is 1.07. The summed E-state index contributed by atoms with van der Waals surface area (Å²) < 4.78 is 28.9. The van der Waals surface area contributed by atoms with Gasteiger partial charge in [-0.1, -0.05) is 18.9 Å². The normalized spacial score (nSPS) is 20.4. The lowest BCUT2D eigenvalue weighted by Crippen LogP contribution is -2.45. The number of carbonyl (C=O) groups is 1. The number of fused-ring (bicyclic) bond motifs is 1. The number of nitrogens with one attached hydrogen (secondary N) is 1. The van der Waals surface area contributed by atoms with Crippen LogP contribution in [-0.2, 0) is 0 Å². The third-order valence-electron chi connectivity index (χ3n) is 6.54. The summed E-state index contributed by atoms with van der Waals surface area (Å²) in [7, 11) is 0. The molecular weight excluding hydrogens is 386 g/mol. The van der Waals surface area contributed by atoms with E-state index in [2.05, 4.69) is 14.9 Å². The SMILES string of the molecule is NC(=O)c1cc(F)cc2[nH]c(-c3ccc(C4CCCCN4C4CCC4)cc3F)nc12. The maximum atomic E-state index is 15.1. The van der Waals surface area contributed by atoms with Gasteiger partial charge in [-0.2, -0.15) is 0 Å². The Balaban J connectivity index is 1.50. The van der Waals surface area contributed by atoms with E-state index in [4.69, 9.17) is 5.73 Å². The number of H-pyrrole nitrogens is 1. The Morgan fingerprint density at radius 3 is 2.63 bits per heavy atom. The molecule has 0 spiro atoms. The van der Waals surface area contributed by atoms with Crippen LogP contribution in [0.2, 0.25) is 0 Å². The average Bonchev–Trinajstić information content (AvgIpc) is 3.09. The molecule has 1 unspecified atom stereocenters. The van der Waals surface area contributed by atoms with E-state index in [1.165, 1.54) is 31.7 Å². The number of nitrogens with two attached hydrogens (primary N) is 1. The zero-order valence-electron chi connectivity index (χ0n) is 16.6. The predicted molar refractivity (Wildman–Crippen MR) is 111 cm³/mol. The third-order valence-corrected chi connectivity index (χ3v) is 6.54. The Morgan fingerprint density at radius 2 is 1.93 bits per heavy atom. The second-order valence-corrected chi connectivity index (χ2v) is 8.37. The van der Waals surface area contributed by atoms with Crippen molar-refractivity contribution in [2.24, 2.45) is 5.73 Å². The van der Waals surface area contributed by atoms with Crippen LogP contribution in [-0.4, -0.2) is 33.4 Å². The minimum absolute atomic E-state index is 0.0251. The Hall–Kier alpha value is -2.80. The summed E-state index contributed by atoms with van der Waals surface area (Å²) in [4.78, 5) is 21.4. The van der Waals surface area contributed by atoms with Crippen molar-refractivity contribution >= 4 is 16.9 Å². The van der Waals surface area contributed by atoms with Crippen LogP contribution in [0.4, 0.5) is 8.78 Å². The molecule has 0 radical (unpaired) electrons. The van der Waals surface area contributed by atoms with Gasteiger partial charge in [0.15, 0.2) is 0 Å². The van der Waals surface area contributed by atoms with Crippen molar-refractivity contribution in [3.63, 3.8) is 0 Å². The number of carbonyl (C=O) groups excluding carboxylic acids is 1. The van der Waals surface area contributed by atoms with E-state index in [1.54, 1.807) is 12.1 Å². The number of aromatic nitrogens is 2. The molecule has 1 aliphatic carbocycles. The number of halogens is 2. The van der Waals surface area contributed by atoms with Gasteiger partial charge in [0.05, 0.1) is 16.6 Å². The minimum Gasteiger partial charge on any atom is -0.366 e. The number of primary amides is 1. The fourth-order valence-electron chi connectivity index (χ4n) is 4.80. The lowest BCUT2D eigenvalue weighted by atomic mass is 9.85. The minimum atomic E-state index is -0.776. The van der Waals surface area contributed by atoms with Gasteiger partial charge in [0, 0.05) is 12.1 Å². The lowest BCUT2D eigenvalue weighted by molar-refractivity contribution is 0.0510. The van der Waals surface area contributed by atoms with E-state index < -0.39 is 11.7 Å². The largest absolute Gasteiger partial charge is 0.366 e. The molecule has 1 aromatic heterocycles. The Bertz CT molecular complexity index is 1120. The van der Waals surface area contributed by atoms with Gasteiger partial charge in [-0.25, -0.2) is 13.8 Å². The molecule has 2 heterocycles. The summed E-state index contributed by atoms with van der Waals surface area (Å²) in [5.74, 6) is -1.51. The summed E-state index contributed by atoms with van der Waals surface area (Å²) in [5.41, 5.74) is 7.15. The van der Waals surface area contributed by atoms with Gasteiger partial charge in [-0.05, 0) is 62.1 Å². The molecule has 1 amide bonds. The van der Waals surface area contributed by atoms with Crippen LogP contribution in [0.15, 0.2) is 30.3 Å². The molecule has 156 valence electrons. The maximum absolute atomic E-state index is 15.1. The van der Waals surface area contributed by atoms with Gasteiger partial charge in [-0.15, -0.1) is 0 Å². The Morgan fingerprint density at radius 1 is 1.10 bits per heavy atom. The van der Waals surface area contributed by atoms with Gasteiger partial charge < -0.3 is 10.7 Å². The van der Waals surface area contributed by atoms with Crippen molar-refractivity contribution in [1.29, 1.82) is 0 Å². The van der Waals surface area contributed by atoms with Crippen molar-refractivity contribution in [2.45, 2.75) is 50.6 Å². The van der Waals surface area contributed by atoms with Crippen LogP contribution in [0, 0.1) is 11.6 Å². The van der Waals surface area contributed by atoms with E-state index in [0.717, 1.165) is 31.0 Å². The van der Waals surface area contributed by atoms with Crippen LogP contribution < -0.4 is 5.73 Å². The molecule has 2 aliphatic rings. The van der Waals surface area contributed by atoms with E-state index in [-0.39, 0.29) is 34.3 Å². The molecule has 1 saturated heterocycles. The highest BCUT2D eigenvalue weighted by Crippen LogP contribution is 2.39. The highest BCUT2D eigenvalue weighted by molar-refractivity contribution is 6.04. The number of benzene rings is 2. The van der Waals surface area contributed by atoms with E-state index in [0.29, 0.717) is 11.6 Å². The van der Waals surface area contributed by atoms with E-state index in [9.17, 15) is 9.18 Å². The fraction of sp³-hybridized carbons (Fsp3) is 0.391. The van der Waals surface area contributed by atoms with Crippen LogP contribution in [0.3, 0.4) is 0 Å². The number of piperidine rings is 1. The quantitative estimate of drug-likeness (QED) is 0.655. The first-order valence-corrected chi connectivity index (χ1v) is 10.6. The second-order valence-electron chi connectivity index (χ2n) is 8.37. The van der Waals surface area contributed by atoms with Crippen LogP contribution in [0.25, 0.3) is 22.4 Å². The fourth-order valence-corrected chi connectivity index (χ4v) is 4.80. The van der Waals surface area contributed by atoms with E-state index in [1.807, 2.05) is 6.07 Å². The zero-order valence-corrected chi connectivity index (χ0v) is 16.6. The van der Waals surface area contributed by atoms with Crippen molar-refractivity contribution in [3.8, 4) is 11.4 Å². The molecule has 5 rings (SSSR count). The summed E-state index contributed by atoms with van der Waals surface area (Å²) in [6, 6.07) is 8.42. The molecule has 3 N–H and O–H groups in total. The number of nitrogens with zero attached hydrogens (tertiary/aromatic N) is 2. The number of likely N-dealkylation sites (tertiary alicyclic amines) is 1. The van der Waals surface area contributed by atoms with Gasteiger partial charge in [0.1, 0.15) is 23.0 Å². The van der Waals surface area contributed by atoms with Crippen LogP contribution in [0.1, 0.15) is 60.5 Å². The first-order chi connectivity index (χ1) is 14.5. The monoisotopic (exact) mass is 410 g/mol. The van der Waals surface area contributed by atoms with Crippen molar-refractivity contribution in [1.82, 2.24) is 14.9 Å². The van der Waals surface area contributed by atoms with Gasteiger partial charge >= 0.3 is 0 Å². The second kappa shape index (κ2) is 7.47. The molecular formula is C23H24F2N4O.